The SMILES string of the molecule is Cl.O=CN1CCNCC1c1ncc(Cl)cn1. The Bertz CT molecular complexity index is 346. The third-order valence-corrected chi connectivity index (χ3v) is 2.55. The van der Waals surface area contributed by atoms with Gasteiger partial charge >= 0.3 is 0 Å². The van der Waals surface area contributed by atoms with Crippen molar-refractivity contribution in [2.45, 2.75) is 6.04 Å². The lowest BCUT2D eigenvalue weighted by atomic mass is 10.2. The van der Waals surface area contributed by atoms with Crippen molar-refractivity contribution in [1.82, 2.24) is 20.2 Å². The van der Waals surface area contributed by atoms with E-state index in [9.17, 15) is 4.79 Å². The van der Waals surface area contributed by atoms with Crippen LogP contribution in [0.5, 0.6) is 0 Å². The second-order valence-corrected chi connectivity index (χ2v) is 3.76. The van der Waals surface area contributed by atoms with Gasteiger partial charge in [-0.3, -0.25) is 4.79 Å². The summed E-state index contributed by atoms with van der Waals surface area (Å²) in [6.45, 7) is 2.17. The molecule has 1 atom stereocenters. The minimum atomic E-state index is -0.0893. The first-order chi connectivity index (χ1) is 7.31. The first kappa shape index (κ1) is 13.2. The van der Waals surface area contributed by atoms with Crippen molar-refractivity contribution in [3.63, 3.8) is 0 Å². The Kier molecular flexibility index (Phi) is 4.92. The normalized spacial score (nSPS) is 20.1. The molecular formula is C9H12Cl2N4O. The Balaban J connectivity index is 0.00000128. The number of rotatable bonds is 2. The number of hydrogen-bond acceptors (Lipinski definition) is 4. The molecule has 16 heavy (non-hydrogen) atoms. The van der Waals surface area contributed by atoms with Gasteiger partial charge in [0, 0.05) is 32.0 Å². The van der Waals surface area contributed by atoms with Crippen molar-refractivity contribution in [2.75, 3.05) is 19.6 Å². The van der Waals surface area contributed by atoms with Gasteiger partial charge in [0.1, 0.15) is 6.04 Å². The number of amides is 1. The highest BCUT2D eigenvalue weighted by molar-refractivity contribution is 6.30. The van der Waals surface area contributed by atoms with Gasteiger partial charge in [0.25, 0.3) is 0 Å². The maximum atomic E-state index is 10.8. The molecule has 7 heteroatoms. The van der Waals surface area contributed by atoms with Crippen LogP contribution >= 0.6 is 24.0 Å². The molecule has 0 spiro atoms. The van der Waals surface area contributed by atoms with Crippen LogP contribution in [0, 0.1) is 0 Å². The molecule has 1 aliphatic rings. The second-order valence-electron chi connectivity index (χ2n) is 3.32. The van der Waals surface area contributed by atoms with Crippen LogP contribution < -0.4 is 5.32 Å². The summed E-state index contributed by atoms with van der Waals surface area (Å²) in [6.07, 6.45) is 3.92. The lowest BCUT2D eigenvalue weighted by molar-refractivity contribution is -0.121. The molecule has 1 unspecified atom stereocenters. The van der Waals surface area contributed by atoms with Crippen molar-refractivity contribution >= 4 is 30.4 Å². The van der Waals surface area contributed by atoms with Gasteiger partial charge in [-0.05, 0) is 0 Å². The zero-order valence-corrected chi connectivity index (χ0v) is 10.0. The number of nitrogens with one attached hydrogen (secondary N) is 1. The number of aromatic nitrogens is 2. The monoisotopic (exact) mass is 262 g/mol. The van der Waals surface area contributed by atoms with Gasteiger partial charge in [0.05, 0.1) is 5.02 Å². The summed E-state index contributed by atoms with van der Waals surface area (Å²) in [4.78, 5) is 20.8. The molecule has 0 saturated carbocycles. The first-order valence-corrected chi connectivity index (χ1v) is 5.08. The van der Waals surface area contributed by atoms with E-state index in [-0.39, 0.29) is 18.4 Å². The van der Waals surface area contributed by atoms with Gasteiger partial charge in [0.2, 0.25) is 6.41 Å². The number of carbonyl (C=O) groups excluding carboxylic acids is 1. The molecule has 5 nitrogen and oxygen atoms in total. The van der Waals surface area contributed by atoms with E-state index in [0.29, 0.717) is 23.9 Å². The van der Waals surface area contributed by atoms with E-state index in [4.69, 9.17) is 11.6 Å². The molecule has 1 aliphatic heterocycles. The van der Waals surface area contributed by atoms with Crippen LogP contribution in [0.15, 0.2) is 12.4 Å². The molecule has 0 aliphatic carbocycles. The Labute approximate surface area is 105 Å². The largest absolute Gasteiger partial charge is 0.332 e. The highest BCUT2D eigenvalue weighted by Crippen LogP contribution is 2.17. The Hall–Kier alpha value is -0.910. The quantitative estimate of drug-likeness (QED) is 0.796. The van der Waals surface area contributed by atoms with Gasteiger partial charge in [0.15, 0.2) is 5.82 Å². The molecular weight excluding hydrogens is 251 g/mol. The van der Waals surface area contributed by atoms with Crippen LogP contribution in [-0.2, 0) is 4.79 Å². The van der Waals surface area contributed by atoms with E-state index in [1.165, 1.54) is 0 Å². The van der Waals surface area contributed by atoms with Crippen LogP contribution in [0.3, 0.4) is 0 Å². The van der Waals surface area contributed by atoms with E-state index < -0.39 is 0 Å². The summed E-state index contributed by atoms with van der Waals surface area (Å²) in [5.74, 6) is 0.624. The molecule has 88 valence electrons. The fourth-order valence-electron chi connectivity index (χ4n) is 1.58. The molecule has 1 saturated heterocycles. The molecule has 1 aromatic heterocycles. The Morgan fingerprint density at radius 1 is 1.50 bits per heavy atom. The average Bonchev–Trinajstić information content (AvgIpc) is 2.30. The van der Waals surface area contributed by atoms with Crippen molar-refractivity contribution in [3.8, 4) is 0 Å². The summed E-state index contributed by atoms with van der Waals surface area (Å²) in [5, 5.41) is 3.70. The van der Waals surface area contributed by atoms with E-state index in [1.54, 1.807) is 17.3 Å². The number of nitrogens with zero attached hydrogens (tertiary/aromatic N) is 3. The Morgan fingerprint density at radius 3 is 2.81 bits per heavy atom. The highest BCUT2D eigenvalue weighted by Gasteiger charge is 2.24. The lowest BCUT2D eigenvalue weighted by Crippen LogP contribution is -2.45. The van der Waals surface area contributed by atoms with Crippen molar-refractivity contribution in [2.24, 2.45) is 0 Å². The third-order valence-electron chi connectivity index (χ3n) is 2.36. The summed E-state index contributed by atoms with van der Waals surface area (Å²) in [5.41, 5.74) is 0. The van der Waals surface area contributed by atoms with Crippen LogP contribution in [-0.4, -0.2) is 40.9 Å². The molecule has 0 radical (unpaired) electrons. The van der Waals surface area contributed by atoms with E-state index in [1.807, 2.05) is 0 Å². The molecule has 0 bridgehead atoms. The molecule has 2 heterocycles. The minimum Gasteiger partial charge on any atom is -0.332 e. The van der Waals surface area contributed by atoms with E-state index in [2.05, 4.69) is 15.3 Å². The first-order valence-electron chi connectivity index (χ1n) is 4.70. The van der Waals surface area contributed by atoms with Crippen LogP contribution in [0.25, 0.3) is 0 Å². The number of carbonyl (C=O) groups is 1. The average molecular weight is 263 g/mol. The summed E-state index contributed by atoms with van der Waals surface area (Å²) < 4.78 is 0. The maximum Gasteiger partial charge on any atom is 0.210 e. The van der Waals surface area contributed by atoms with Crippen LogP contribution in [0.4, 0.5) is 0 Å². The van der Waals surface area contributed by atoms with Gasteiger partial charge in [-0.2, -0.15) is 0 Å². The molecule has 1 amide bonds. The highest BCUT2D eigenvalue weighted by atomic mass is 35.5. The van der Waals surface area contributed by atoms with Crippen LogP contribution in [0.2, 0.25) is 5.02 Å². The predicted molar refractivity (Wildman–Crippen MR) is 62.7 cm³/mol. The second kappa shape index (κ2) is 5.98. The molecule has 1 aromatic rings. The van der Waals surface area contributed by atoms with Gasteiger partial charge < -0.3 is 10.2 Å². The van der Waals surface area contributed by atoms with Crippen LogP contribution in [0.1, 0.15) is 11.9 Å². The Morgan fingerprint density at radius 2 is 2.19 bits per heavy atom. The molecule has 2 rings (SSSR count). The molecule has 1 N–H and O–H groups in total. The zero-order valence-electron chi connectivity index (χ0n) is 8.47. The zero-order chi connectivity index (χ0) is 10.7. The molecule has 1 fully saturated rings. The van der Waals surface area contributed by atoms with Crippen molar-refractivity contribution in [1.29, 1.82) is 0 Å². The van der Waals surface area contributed by atoms with Crippen molar-refractivity contribution in [3.05, 3.63) is 23.2 Å². The number of piperazine rings is 1. The lowest BCUT2D eigenvalue weighted by Gasteiger charge is -2.31. The fourth-order valence-corrected chi connectivity index (χ4v) is 1.68. The van der Waals surface area contributed by atoms with E-state index >= 15 is 0 Å². The fraction of sp³-hybridized carbons (Fsp3) is 0.444. The third kappa shape index (κ3) is 2.81. The van der Waals surface area contributed by atoms with Gasteiger partial charge in [-0.25, -0.2) is 9.97 Å². The minimum absolute atomic E-state index is 0. The van der Waals surface area contributed by atoms with Gasteiger partial charge in [-0.15, -0.1) is 12.4 Å². The van der Waals surface area contributed by atoms with Crippen molar-refractivity contribution < 1.29 is 4.79 Å². The van der Waals surface area contributed by atoms with E-state index in [0.717, 1.165) is 13.0 Å². The summed E-state index contributed by atoms with van der Waals surface area (Å²) in [6, 6.07) is -0.0893. The number of halogens is 2. The maximum absolute atomic E-state index is 10.8. The standard InChI is InChI=1S/C9H11ClN4O.ClH/c10-7-3-12-9(13-4-7)8-5-11-1-2-14(8)6-15;/h3-4,6,8,11H,1-2,5H2;1H. The predicted octanol–water partition coefficient (Wildman–Crippen LogP) is 0.654. The summed E-state index contributed by atoms with van der Waals surface area (Å²) >= 11 is 5.70. The smallest absolute Gasteiger partial charge is 0.210 e. The number of hydrogen-bond donors (Lipinski definition) is 1. The topological polar surface area (TPSA) is 58.1 Å². The van der Waals surface area contributed by atoms with Gasteiger partial charge in [-0.1, -0.05) is 11.6 Å². The summed E-state index contributed by atoms with van der Waals surface area (Å²) in [7, 11) is 0. The molecule has 0 aromatic carbocycles.